The van der Waals surface area contributed by atoms with Crippen LogP contribution in [0.5, 0.6) is 0 Å². The van der Waals surface area contributed by atoms with E-state index in [2.05, 4.69) is 20.8 Å². The van der Waals surface area contributed by atoms with E-state index >= 15 is 0 Å². The molecule has 1 N–H and O–H groups in total. The summed E-state index contributed by atoms with van der Waals surface area (Å²) in [5.74, 6) is 1.28. The Kier molecular flexibility index (Phi) is 5.26. The third kappa shape index (κ3) is 3.36. The van der Waals surface area contributed by atoms with Gasteiger partial charge < -0.3 is 9.55 Å². The molecule has 5 heteroatoms. The first-order chi connectivity index (χ1) is 8.83. The molecule has 0 aliphatic rings. The molecule has 0 radical (unpaired) electrons. The zero-order chi connectivity index (χ0) is 12.8. The standard InChI is InChI=1S/C13H19N3S2/c1-18-9-5-3-2-4-8-16-12-6-7-14-10-11(12)15-13(16)17/h6-7,10H,2-5,8-9H2,1H3,(H,15,17). The molecule has 2 aromatic rings. The van der Waals surface area contributed by atoms with Crippen molar-refractivity contribution in [1.29, 1.82) is 0 Å². The van der Waals surface area contributed by atoms with Gasteiger partial charge in [-0.05, 0) is 43.1 Å². The number of rotatable bonds is 7. The van der Waals surface area contributed by atoms with Crippen LogP contribution in [-0.4, -0.2) is 26.5 Å². The first-order valence-electron chi connectivity index (χ1n) is 6.34. The van der Waals surface area contributed by atoms with Crippen LogP contribution in [0.15, 0.2) is 18.5 Å². The van der Waals surface area contributed by atoms with Crippen LogP contribution in [0.2, 0.25) is 0 Å². The quantitative estimate of drug-likeness (QED) is 0.615. The molecule has 2 rings (SSSR count). The molecule has 0 saturated heterocycles. The second kappa shape index (κ2) is 6.95. The molecule has 0 fully saturated rings. The number of unbranched alkanes of at least 4 members (excludes halogenated alkanes) is 3. The third-order valence-electron chi connectivity index (χ3n) is 3.06. The van der Waals surface area contributed by atoms with E-state index in [1.165, 1.54) is 37.0 Å². The summed E-state index contributed by atoms with van der Waals surface area (Å²) in [6, 6.07) is 2.02. The van der Waals surface area contributed by atoms with Crippen molar-refractivity contribution in [2.45, 2.75) is 32.2 Å². The number of aromatic amines is 1. The minimum atomic E-state index is 0.808. The zero-order valence-corrected chi connectivity index (χ0v) is 12.3. The third-order valence-corrected chi connectivity index (χ3v) is 4.08. The fourth-order valence-corrected chi connectivity index (χ4v) is 2.90. The Bertz CT molecular complexity index is 544. The molecule has 18 heavy (non-hydrogen) atoms. The van der Waals surface area contributed by atoms with E-state index in [1.54, 1.807) is 0 Å². The van der Waals surface area contributed by atoms with Gasteiger partial charge in [0, 0.05) is 12.7 Å². The fraction of sp³-hybridized carbons (Fsp3) is 0.538. The molecule has 0 spiro atoms. The summed E-state index contributed by atoms with van der Waals surface area (Å²) in [4.78, 5) is 7.30. The predicted molar refractivity (Wildman–Crippen MR) is 81.8 cm³/mol. The SMILES string of the molecule is CSCCCCCCn1c(=S)[nH]c2cnccc21. The van der Waals surface area contributed by atoms with Crippen molar-refractivity contribution < 1.29 is 0 Å². The van der Waals surface area contributed by atoms with Crippen LogP contribution >= 0.6 is 24.0 Å². The predicted octanol–water partition coefficient (Wildman–Crippen LogP) is 4.02. The van der Waals surface area contributed by atoms with Gasteiger partial charge in [0.25, 0.3) is 0 Å². The van der Waals surface area contributed by atoms with Crippen molar-refractivity contribution in [2.75, 3.05) is 12.0 Å². The number of hydrogen-bond acceptors (Lipinski definition) is 3. The molecule has 98 valence electrons. The smallest absolute Gasteiger partial charge is 0.178 e. The van der Waals surface area contributed by atoms with E-state index in [1.807, 2.05) is 30.2 Å². The molecular weight excluding hydrogens is 262 g/mol. The molecular formula is C13H19N3S2. The van der Waals surface area contributed by atoms with Crippen LogP contribution in [0, 0.1) is 4.77 Å². The summed E-state index contributed by atoms with van der Waals surface area (Å²) in [5, 5.41) is 0. The summed E-state index contributed by atoms with van der Waals surface area (Å²) in [6.45, 7) is 1.00. The van der Waals surface area contributed by atoms with Crippen LogP contribution in [0.25, 0.3) is 11.0 Å². The van der Waals surface area contributed by atoms with Crippen LogP contribution < -0.4 is 0 Å². The molecule has 3 nitrogen and oxygen atoms in total. The molecule has 2 heterocycles. The largest absolute Gasteiger partial charge is 0.329 e. The lowest BCUT2D eigenvalue weighted by atomic mass is 10.2. The van der Waals surface area contributed by atoms with Gasteiger partial charge in [-0.1, -0.05) is 12.8 Å². The van der Waals surface area contributed by atoms with Crippen molar-refractivity contribution in [3.63, 3.8) is 0 Å². The highest BCUT2D eigenvalue weighted by molar-refractivity contribution is 7.98. The summed E-state index contributed by atoms with van der Waals surface area (Å²) >= 11 is 7.28. The maximum absolute atomic E-state index is 5.35. The van der Waals surface area contributed by atoms with Gasteiger partial charge in [0.2, 0.25) is 0 Å². The molecule has 0 bridgehead atoms. The lowest BCUT2D eigenvalue weighted by molar-refractivity contribution is 0.589. The number of aromatic nitrogens is 3. The zero-order valence-electron chi connectivity index (χ0n) is 10.7. The number of imidazole rings is 1. The fourth-order valence-electron chi connectivity index (χ4n) is 2.10. The monoisotopic (exact) mass is 281 g/mol. The molecule has 2 aromatic heterocycles. The van der Waals surface area contributed by atoms with E-state index in [0.717, 1.165) is 16.8 Å². The molecule has 0 atom stereocenters. The Balaban J connectivity index is 1.91. The van der Waals surface area contributed by atoms with Gasteiger partial charge in [0.05, 0.1) is 17.2 Å². The van der Waals surface area contributed by atoms with Crippen LogP contribution in [0.3, 0.4) is 0 Å². The first-order valence-corrected chi connectivity index (χ1v) is 8.14. The number of fused-ring (bicyclic) bond motifs is 1. The van der Waals surface area contributed by atoms with E-state index in [9.17, 15) is 0 Å². The number of aryl methyl sites for hydroxylation is 1. The van der Waals surface area contributed by atoms with Crippen molar-refractivity contribution in [3.8, 4) is 0 Å². The summed E-state index contributed by atoms with van der Waals surface area (Å²) in [5.41, 5.74) is 2.20. The van der Waals surface area contributed by atoms with E-state index in [0.29, 0.717) is 0 Å². The van der Waals surface area contributed by atoms with Crippen LogP contribution in [0.1, 0.15) is 25.7 Å². The Hall–Kier alpha value is -0.810. The average molecular weight is 281 g/mol. The maximum atomic E-state index is 5.35. The van der Waals surface area contributed by atoms with Crippen molar-refractivity contribution in [1.82, 2.24) is 14.5 Å². The number of nitrogens with zero attached hydrogens (tertiary/aromatic N) is 2. The molecule has 0 unspecified atom stereocenters. The Morgan fingerprint density at radius 3 is 3.00 bits per heavy atom. The molecule has 0 amide bonds. The Labute approximate surface area is 117 Å². The normalized spacial score (nSPS) is 11.2. The van der Waals surface area contributed by atoms with Gasteiger partial charge in [-0.15, -0.1) is 0 Å². The highest BCUT2D eigenvalue weighted by Gasteiger charge is 2.03. The second-order valence-corrected chi connectivity index (χ2v) is 5.75. The highest BCUT2D eigenvalue weighted by Crippen LogP contribution is 2.14. The lowest BCUT2D eigenvalue weighted by Crippen LogP contribution is -1.98. The van der Waals surface area contributed by atoms with Gasteiger partial charge in [-0.2, -0.15) is 11.8 Å². The van der Waals surface area contributed by atoms with Gasteiger partial charge in [0.1, 0.15) is 0 Å². The number of H-pyrrole nitrogens is 1. The lowest BCUT2D eigenvalue weighted by Gasteiger charge is -2.04. The van der Waals surface area contributed by atoms with E-state index in [4.69, 9.17) is 12.2 Å². The average Bonchev–Trinajstić information content (AvgIpc) is 2.70. The minimum absolute atomic E-state index is 0.808. The van der Waals surface area contributed by atoms with Crippen molar-refractivity contribution >= 4 is 35.0 Å². The van der Waals surface area contributed by atoms with Crippen LogP contribution in [-0.2, 0) is 6.54 Å². The van der Waals surface area contributed by atoms with E-state index in [-0.39, 0.29) is 0 Å². The topological polar surface area (TPSA) is 33.6 Å². The van der Waals surface area contributed by atoms with E-state index < -0.39 is 0 Å². The second-order valence-electron chi connectivity index (χ2n) is 4.38. The molecule has 0 saturated carbocycles. The summed E-state index contributed by atoms with van der Waals surface area (Å²) in [7, 11) is 0. The van der Waals surface area contributed by atoms with Gasteiger partial charge in [-0.3, -0.25) is 4.98 Å². The number of hydrogen-bond donors (Lipinski definition) is 1. The van der Waals surface area contributed by atoms with Gasteiger partial charge in [-0.25, -0.2) is 0 Å². The molecule has 0 aliphatic heterocycles. The first kappa shape index (κ1) is 13.6. The van der Waals surface area contributed by atoms with Gasteiger partial charge in [0.15, 0.2) is 4.77 Å². The number of pyridine rings is 1. The van der Waals surface area contributed by atoms with Gasteiger partial charge >= 0.3 is 0 Å². The highest BCUT2D eigenvalue weighted by atomic mass is 32.2. The summed E-state index contributed by atoms with van der Waals surface area (Å²) in [6.07, 6.45) is 10.9. The van der Waals surface area contributed by atoms with Crippen molar-refractivity contribution in [3.05, 3.63) is 23.2 Å². The molecule has 0 aliphatic carbocycles. The Morgan fingerprint density at radius 2 is 2.17 bits per heavy atom. The number of thioether (sulfide) groups is 1. The Morgan fingerprint density at radius 1 is 1.33 bits per heavy atom. The van der Waals surface area contributed by atoms with Crippen LogP contribution in [0.4, 0.5) is 0 Å². The van der Waals surface area contributed by atoms with Crippen molar-refractivity contribution in [2.24, 2.45) is 0 Å². The maximum Gasteiger partial charge on any atom is 0.178 e. The minimum Gasteiger partial charge on any atom is -0.329 e. The molecule has 0 aromatic carbocycles. The summed E-state index contributed by atoms with van der Waals surface area (Å²) < 4.78 is 2.99. The number of nitrogens with one attached hydrogen (secondary N) is 1.